The summed E-state index contributed by atoms with van der Waals surface area (Å²) in [6, 6.07) is 18.3. The average molecular weight is 600 g/mol. The van der Waals surface area contributed by atoms with Crippen LogP contribution < -0.4 is 19.1 Å². The van der Waals surface area contributed by atoms with Crippen LogP contribution in [0.2, 0.25) is 0 Å². The molecule has 9 nitrogen and oxygen atoms in total. The zero-order chi connectivity index (χ0) is 31.1. The lowest BCUT2D eigenvalue weighted by atomic mass is 10.0. The van der Waals surface area contributed by atoms with E-state index < -0.39 is 45.8 Å². The van der Waals surface area contributed by atoms with E-state index >= 15 is 0 Å². The molecule has 0 fully saturated rings. The maximum absolute atomic E-state index is 14.1. The first-order chi connectivity index (χ1) is 19.7. The van der Waals surface area contributed by atoms with E-state index in [4.69, 9.17) is 9.47 Å². The molecule has 0 aromatic heterocycles. The molecule has 0 spiro atoms. The van der Waals surface area contributed by atoms with E-state index in [1.54, 1.807) is 6.07 Å². The number of nitrogens with one attached hydrogen (secondary N) is 1. The summed E-state index contributed by atoms with van der Waals surface area (Å²) in [6.07, 6.45) is 1.17. The third kappa shape index (κ3) is 8.94. The molecule has 0 aliphatic heterocycles. The number of benzene rings is 3. The van der Waals surface area contributed by atoms with Gasteiger partial charge in [0.1, 0.15) is 18.4 Å². The van der Waals surface area contributed by atoms with Crippen LogP contribution in [0.25, 0.3) is 0 Å². The number of amides is 2. The van der Waals surface area contributed by atoms with Gasteiger partial charge in [-0.1, -0.05) is 42.5 Å². The van der Waals surface area contributed by atoms with Crippen molar-refractivity contribution in [3.8, 4) is 11.5 Å². The van der Waals surface area contributed by atoms with Gasteiger partial charge in [0.2, 0.25) is 21.8 Å². The molecule has 3 aromatic carbocycles. The number of nitrogens with zero attached hydrogens (tertiary/aromatic N) is 2. The fourth-order valence-electron chi connectivity index (χ4n) is 4.39. The molecule has 1 atom stereocenters. The largest absolute Gasteiger partial charge is 0.493 e. The van der Waals surface area contributed by atoms with Crippen LogP contribution in [0.3, 0.4) is 0 Å². The number of ether oxygens (including phenoxy) is 2. The summed E-state index contributed by atoms with van der Waals surface area (Å²) < 4.78 is 51.2. The Balaban J connectivity index is 2.09. The first-order valence-corrected chi connectivity index (χ1v) is 15.2. The summed E-state index contributed by atoms with van der Waals surface area (Å²) in [5.41, 5.74) is 0.963. The second-order valence-electron chi connectivity index (χ2n) is 10.9. The van der Waals surface area contributed by atoms with Crippen LogP contribution in [0, 0.1) is 5.82 Å². The zero-order valence-corrected chi connectivity index (χ0v) is 25.6. The number of hydrogen-bond donors (Lipinski definition) is 1. The van der Waals surface area contributed by atoms with Gasteiger partial charge in [-0.05, 0) is 56.2 Å². The van der Waals surface area contributed by atoms with Crippen LogP contribution in [0.1, 0.15) is 31.9 Å². The molecule has 226 valence electrons. The number of rotatable bonds is 12. The zero-order valence-electron chi connectivity index (χ0n) is 24.8. The van der Waals surface area contributed by atoms with Crippen molar-refractivity contribution in [3.63, 3.8) is 0 Å². The van der Waals surface area contributed by atoms with Crippen LogP contribution in [-0.4, -0.2) is 63.7 Å². The third-order valence-electron chi connectivity index (χ3n) is 6.37. The van der Waals surface area contributed by atoms with Crippen molar-refractivity contribution in [2.45, 2.75) is 45.3 Å². The standard InChI is InChI=1S/C31H38FN3O6S/c1-31(2,3)33-30(37)26(18-22-10-8-7-9-11-22)34(20-23-12-14-24(32)15-13-23)29(36)21-35(42(6,38)39)25-16-17-27(40-4)28(19-25)41-5/h7-17,19,26H,18,20-21H2,1-6H3,(H,33,37)/t26-/m0/s1. The number of methoxy groups -OCH3 is 2. The molecule has 0 aliphatic carbocycles. The van der Waals surface area contributed by atoms with Crippen molar-refractivity contribution >= 4 is 27.5 Å². The lowest BCUT2D eigenvalue weighted by Gasteiger charge is -2.35. The number of anilines is 1. The molecule has 0 unspecified atom stereocenters. The van der Waals surface area contributed by atoms with Crippen molar-refractivity contribution in [2.24, 2.45) is 0 Å². The highest BCUT2D eigenvalue weighted by atomic mass is 32.2. The van der Waals surface area contributed by atoms with Gasteiger partial charge in [-0.2, -0.15) is 0 Å². The Bertz CT molecular complexity index is 1470. The molecule has 2 amide bonds. The number of carbonyl (C=O) groups is 2. The lowest BCUT2D eigenvalue weighted by molar-refractivity contribution is -0.140. The van der Waals surface area contributed by atoms with Crippen molar-refractivity contribution < 1.29 is 31.9 Å². The van der Waals surface area contributed by atoms with E-state index in [1.807, 2.05) is 51.1 Å². The van der Waals surface area contributed by atoms with Crippen LogP contribution in [0.5, 0.6) is 11.5 Å². The maximum atomic E-state index is 14.1. The Hall–Kier alpha value is -4.12. The normalized spacial score (nSPS) is 12.3. The van der Waals surface area contributed by atoms with Gasteiger partial charge in [0.25, 0.3) is 0 Å². The number of carbonyl (C=O) groups excluding carboxylic acids is 2. The lowest BCUT2D eigenvalue weighted by Crippen LogP contribution is -2.56. The fraction of sp³-hybridized carbons (Fsp3) is 0.355. The number of sulfonamides is 1. The Kier molecular flexibility index (Phi) is 10.6. The Morgan fingerprint density at radius 2 is 1.52 bits per heavy atom. The van der Waals surface area contributed by atoms with Gasteiger partial charge in [0.05, 0.1) is 26.2 Å². The first kappa shape index (κ1) is 32.4. The summed E-state index contributed by atoms with van der Waals surface area (Å²) in [6.45, 7) is 4.85. The highest BCUT2D eigenvalue weighted by Crippen LogP contribution is 2.32. The van der Waals surface area contributed by atoms with E-state index in [0.29, 0.717) is 11.3 Å². The molecule has 0 saturated heterocycles. The molecule has 1 N–H and O–H groups in total. The van der Waals surface area contributed by atoms with Crippen LogP contribution in [-0.2, 0) is 32.6 Å². The average Bonchev–Trinajstić information content (AvgIpc) is 2.93. The van der Waals surface area contributed by atoms with Crippen LogP contribution in [0.4, 0.5) is 10.1 Å². The quantitative estimate of drug-likeness (QED) is 0.335. The topological polar surface area (TPSA) is 105 Å². The van der Waals surface area contributed by atoms with Crippen molar-refractivity contribution in [1.29, 1.82) is 0 Å². The van der Waals surface area contributed by atoms with Gasteiger partial charge >= 0.3 is 0 Å². The number of halogens is 1. The van der Waals surface area contributed by atoms with E-state index in [-0.39, 0.29) is 24.4 Å². The minimum atomic E-state index is -3.96. The molecule has 0 aliphatic rings. The molecule has 3 aromatic rings. The van der Waals surface area contributed by atoms with Crippen molar-refractivity contribution in [2.75, 3.05) is 31.3 Å². The van der Waals surface area contributed by atoms with Gasteiger partial charge in [0, 0.05) is 24.6 Å². The summed E-state index contributed by atoms with van der Waals surface area (Å²) in [5.74, 6) is -0.797. The smallest absolute Gasteiger partial charge is 0.244 e. The van der Waals surface area contributed by atoms with Gasteiger partial charge in [0.15, 0.2) is 11.5 Å². The molecule has 11 heteroatoms. The summed E-state index contributed by atoms with van der Waals surface area (Å²) in [4.78, 5) is 29.2. The Morgan fingerprint density at radius 3 is 2.07 bits per heavy atom. The minimum Gasteiger partial charge on any atom is -0.493 e. The second-order valence-corrected chi connectivity index (χ2v) is 12.8. The molecular formula is C31H38FN3O6S. The maximum Gasteiger partial charge on any atom is 0.244 e. The number of hydrogen-bond acceptors (Lipinski definition) is 6. The van der Waals surface area contributed by atoms with Gasteiger partial charge in [-0.15, -0.1) is 0 Å². The summed E-state index contributed by atoms with van der Waals surface area (Å²) in [5, 5.41) is 2.96. The monoisotopic (exact) mass is 599 g/mol. The molecule has 0 radical (unpaired) electrons. The predicted molar refractivity (Wildman–Crippen MR) is 161 cm³/mol. The molecule has 0 bridgehead atoms. The Labute approximate surface area is 247 Å². The predicted octanol–water partition coefficient (Wildman–Crippen LogP) is 4.16. The summed E-state index contributed by atoms with van der Waals surface area (Å²) in [7, 11) is -1.09. The van der Waals surface area contributed by atoms with Crippen LogP contribution in [0.15, 0.2) is 72.8 Å². The van der Waals surface area contributed by atoms with Gasteiger partial charge in [-0.25, -0.2) is 12.8 Å². The second kappa shape index (κ2) is 13.7. The third-order valence-corrected chi connectivity index (χ3v) is 7.51. The molecule has 0 heterocycles. The SMILES string of the molecule is COc1ccc(N(CC(=O)N(Cc2ccc(F)cc2)[C@@H](Cc2ccccc2)C(=O)NC(C)(C)C)S(C)(=O)=O)cc1OC. The van der Waals surface area contributed by atoms with Crippen molar-refractivity contribution in [1.82, 2.24) is 10.2 Å². The molecule has 0 saturated carbocycles. The van der Waals surface area contributed by atoms with Gasteiger partial charge < -0.3 is 19.7 Å². The van der Waals surface area contributed by atoms with Crippen molar-refractivity contribution in [3.05, 3.63) is 89.7 Å². The van der Waals surface area contributed by atoms with E-state index in [9.17, 15) is 22.4 Å². The minimum absolute atomic E-state index is 0.0578. The summed E-state index contributed by atoms with van der Waals surface area (Å²) >= 11 is 0. The highest BCUT2D eigenvalue weighted by Gasteiger charge is 2.34. The van der Waals surface area contributed by atoms with E-state index in [2.05, 4.69) is 5.32 Å². The highest BCUT2D eigenvalue weighted by molar-refractivity contribution is 7.92. The van der Waals surface area contributed by atoms with E-state index in [1.165, 1.54) is 55.5 Å². The van der Waals surface area contributed by atoms with E-state index in [0.717, 1.165) is 16.1 Å². The fourth-order valence-corrected chi connectivity index (χ4v) is 5.23. The van der Waals surface area contributed by atoms with Gasteiger partial charge in [-0.3, -0.25) is 13.9 Å². The first-order valence-electron chi connectivity index (χ1n) is 13.3. The Morgan fingerprint density at radius 1 is 0.905 bits per heavy atom. The molecule has 3 rings (SSSR count). The molecular weight excluding hydrogens is 561 g/mol. The van der Waals surface area contributed by atoms with Crippen LogP contribution >= 0.6 is 0 Å². The molecule has 42 heavy (non-hydrogen) atoms.